The molecule has 32 heavy (non-hydrogen) atoms. The van der Waals surface area contributed by atoms with Crippen molar-refractivity contribution in [3.63, 3.8) is 0 Å². The largest absolute Gasteiger partial charge is 0.477 e. The zero-order valence-electron chi connectivity index (χ0n) is 17.9. The van der Waals surface area contributed by atoms with Gasteiger partial charge in [-0.3, -0.25) is 10.1 Å². The van der Waals surface area contributed by atoms with Gasteiger partial charge in [-0.2, -0.15) is 5.26 Å². The highest BCUT2D eigenvalue weighted by Crippen LogP contribution is 2.41. The summed E-state index contributed by atoms with van der Waals surface area (Å²) < 4.78 is 16.8. The summed E-state index contributed by atoms with van der Waals surface area (Å²) in [6, 6.07) is 13.5. The maximum Gasteiger partial charge on any atom is 0.270 e. The van der Waals surface area contributed by atoms with Crippen LogP contribution < -0.4 is 10.5 Å². The predicted molar refractivity (Wildman–Crippen MR) is 117 cm³/mol. The molecule has 10 nitrogen and oxygen atoms in total. The number of guanidine groups is 1. The lowest BCUT2D eigenvalue weighted by Crippen LogP contribution is -2.48. The van der Waals surface area contributed by atoms with Crippen molar-refractivity contribution < 1.29 is 19.1 Å². The first-order valence-corrected chi connectivity index (χ1v) is 9.63. The molecule has 0 radical (unpaired) electrons. The van der Waals surface area contributed by atoms with E-state index in [-0.39, 0.29) is 23.9 Å². The summed E-state index contributed by atoms with van der Waals surface area (Å²) in [4.78, 5) is 16.2. The number of nitro groups is 1. The molecule has 1 atom stereocenters. The average Bonchev–Trinajstić information content (AvgIpc) is 2.79. The molecule has 1 aliphatic rings. The fourth-order valence-electron chi connectivity index (χ4n) is 3.46. The summed E-state index contributed by atoms with van der Waals surface area (Å²) in [5.74, 6) is 0.238. The van der Waals surface area contributed by atoms with Crippen molar-refractivity contribution in [3.05, 3.63) is 75.8 Å². The Hall–Kier alpha value is -3.94. The molecular formula is C22H23N5O5. The number of ether oxygens (including phenoxy) is 3. The number of non-ortho nitro benzene ring substituents is 1. The van der Waals surface area contributed by atoms with Crippen molar-refractivity contribution in [1.29, 1.82) is 5.26 Å². The number of nitro benzene ring substituents is 1. The number of rotatable bonds is 7. The van der Waals surface area contributed by atoms with Gasteiger partial charge in [0.05, 0.1) is 17.2 Å². The maximum absolute atomic E-state index is 11.3. The fourth-order valence-corrected chi connectivity index (χ4v) is 3.46. The number of hydrogen-bond acceptors (Lipinski definition) is 7. The number of nitrogens with zero attached hydrogens (tertiary/aromatic N) is 4. The Morgan fingerprint density at radius 1 is 1.31 bits per heavy atom. The molecule has 10 heteroatoms. The summed E-state index contributed by atoms with van der Waals surface area (Å²) in [5.41, 5.74) is 6.36. The number of fused-ring (bicyclic) bond motifs is 1. The van der Waals surface area contributed by atoms with Crippen molar-refractivity contribution in [2.75, 3.05) is 14.2 Å². The van der Waals surface area contributed by atoms with E-state index in [9.17, 15) is 15.4 Å². The topological polar surface area (TPSA) is 136 Å². The first-order valence-electron chi connectivity index (χ1n) is 9.63. The quantitative estimate of drug-likeness (QED) is 0.133. The summed E-state index contributed by atoms with van der Waals surface area (Å²) in [5, 5.41) is 21.2. The Morgan fingerprint density at radius 2 is 2.00 bits per heavy atom. The van der Waals surface area contributed by atoms with Crippen LogP contribution in [-0.4, -0.2) is 41.9 Å². The van der Waals surface area contributed by atoms with E-state index in [1.165, 1.54) is 32.4 Å². The molecule has 0 amide bonds. The van der Waals surface area contributed by atoms with E-state index in [1.54, 1.807) is 13.0 Å². The van der Waals surface area contributed by atoms with Gasteiger partial charge in [0.2, 0.25) is 12.2 Å². The minimum atomic E-state index is -1.16. The second-order valence-electron chi connectivity index (χ2n) is 7.15. The summed E-state index contributed by atoms with van der Waals surface area (Å²) in [6.45, 7) is 1.97. The van der Waals surface area contributed by atoms with E-state index in [2.05, 4.69) is 4.99 Å². The molecule has 3 rings (SSSR count). The Bertz CT molecular complexity index is 1090. The third-order valence-electron chi connectivity index (χ3n) is 4.94. The fraction of sp³-hybridized carbons (Fsp3) is 0.273. The Balaban J connectivity index is 2.09. The van der Waals surface area contributed by atoms with Gasteiger partial charge < -0.3 is 19.9 Å². The number of nitriles is 1. The smallest absolute Gasteiger partial charge is 0.270 e. The number of hydrogen-bond donors (Lipinski definition) is 1. The lowest BCUT2D eigenvalue weighted by atomic mass is 9.95. The van der Waals surface area contributed by atoms with Gasteiger partial charge in [0, 0.05) is 31.9 Å². The molecule has 1 heterocycles. The molecule has 0 aliphatic carbocycles. The second kappa shape index (κ2) is 9.47. The van der Waals surface area contributed by atoms with Crippen molar-refractivity contribution >= 4 is 17.3 Å². The van der Waals surface area contributed by atoms with Crippen LogP contribution in [0.3, 0.4) is 0 Å². The van der Waals surface area contributed by atoms with E-state index in [1.807, 2.05) is 36.5 Å². The molecule has 1 unspecified atom stereocenters. The lowest BCUT2D eigenvalue weighted by molar-refractivity contribution is -0.384. The van der Waals surface area contributed by atoms with Crippen molar-refractivity contribution in [2.45, 2.75) is 25.4 Å². The second-order valence-corrected chi connectivity index (χ2v) is 7.15. The minimum Gasteiger partial charge on any atom is -0.477 e. The van der Waals surface area contributed by atoms with E-state index in [0.717, 1.165) is 10.5 Å². The van der Waals surface area contributed by atoms with Crippen LogP contribution in [0, 0.1) is 21.6 Å². The lowest BCUT2D eigenvalue weighted by Gasteiger charge is -2.38. The number of methoxy groups -OCH3 is 2. The van der Waals surface area contributed by atoms with E-state index in [4.69, 9.17) is 19.9 Å². The van der Waals surface area contributed by atoms with Gasteiger partial charge in [0.1, 0.15) is 5.75 Å². The van der Waals surface area contributed by atoms with E-state index < -0.39 is 16.8 Å². The number of benzene rings is 2. The van der Waals surface area contributed by atoms with Crippen molar-refractivity contribution in [3.8, 4) is 11.9 Å². The van der Waals surface area contributed by atoms with Gasteiger partial charge in [0.25, 0.3) is 5.69 Å². The molecule has 0 saturated carbocycles. The highest BCUT2D eigenvalue weighted by atomic mass is 16.7. The molecule has 166 valence electrons. The zero-order chi connectivity index (χ0) is 23.3. The summed E-state index contributed by atoms with van der Waals surface area (Å²) in [7, 11) is 2.92. The monoisotopic (exact) mass is 437 g/mol. The maximum atomic E-state index is 11.3. The van der Waals surface area contributed by atoms with Crippen LogP contribution in [0.25, 0.3) is 5.70 Å². The van der Waals surface area contributed by atoms with Gasteiger partial charge >= 0.3 is 0 Å². The summed E-state index contributed by atoms with van der Waals surface area (Å²) in [6.07, 6.45) is 2.77. The summed E-state index contributed by atoms with van der Waals surface area (Å²) >= 11 is 0. The molecule has 0 bridgehead atoms. The number of nitrogens with two attached hydrogens (primary N) is 1. The molecular weight excluding hydrogens is 414 g/mol. The van der Waals surface area contributed by atoms with E-state index >= 15 is 0 Å². The molecule has 0 aromatic heterocycles. The van der Waals surface area contributed by atoms with Crippen LogP contribution in [0.15, 0.2) is 59.6 Å². The van der Waals surface area contributed by atoms with E-state index in [0.29, 0.717) is 11.3 Å². The van der Waals surface area contributed by atoms with Crippen LogP contribution in [0.1, 0.15) is 18.1 Å². The normalized spacial score (nSPS) is 17.7. The highest BCUT2D eigenvalue weighted by molar-refractivity contribution is 5.92. The molecule has 0 saturated heterocycles. The zero-order valence-corrected chi connectivity index (χ0v) is 17.9. The van der Waals surface area contributed by atoms with Crippen LogP contribution in [0.5, 0.6) is 5.75 Å². The van der Waals surface area contributed by atoms with Crippen LogP contribution in [0.2, 0.25) is 0 Å². The minimum absolute atomic E-state index is 0.0734. The highest BCUT2D eigenvalue weighted by Gasteiger charge is 2.41. The van der Waals surface area contributed by atoms with Gasteiger partial charge in [-0.15, -0.1) is 0 Å². The van der Waals surface area contributed by atoms with Gasteiger partial charge in [-0.05, 0) is 24.6 Å². The van der Waals surface area contributed by atoms with Gasteiger partial charge in [-0.1, -0.05) is 30.3 Å². The van der Waals surface area contributed by atoms with Crippen molar-refractivity contribution in [1.82, 2.24) is 4.90 Å². The first kappa shape index (κ1) is 22.7. The Labute approximate surface area is 185 Å². The van der Waals surface area contributed by atoms with Gasteiger partial charge in [0.15, 0.2) is 11.8 Å². The van der Waals surface area contributed by atoms with Gasteiger partial charge in [-0.25, -0.2) is 9.89 Å². The molecule has 2 aromatic rings. The SMILES string of the molecule is COC(OC)C1(C)C=C(N(C#N)C(N)=NCc2ccccc2)c2cc([N+](=O)[O-])ccc2O1. The Morgan fingerprint density at radius 3 is 2.59 bits per heavy atom. The number of aliphatic imine (C=N–C) groups is 1. The molecule has 1 aliphatic heterocycles. The Kier molecular flexibility index (Phi) is 6.73. The third kappa shape index (κ3) is 4.54. The van der Waals surface area contributed by atoms with Crippen LogP contribution in [0.4, 0.5) is 5.69 Å². The standard InChI is InChI=1S/C22H23N5O5/c1-22(20(30-2)31-3)12-18(17-11-16(27(28)29)9-10-19(17)32-22)26(14-23)21(24)25-13-15-7-5-4-6-8-15/h4-12,20H,13H2,1-3H3,(H2,24,25). The first-order chi connectivity index (χ1) is 15.3. The van der Waals surface area contributed by atoms with Crippen molar-refractivity contribution in [2.24, 2.45) is 10.7 Å². The molecule has 2 N–H and O–H groups in total. The van der Waals surface area contributed by atoms with Crippen LogP contribution >= 0.6 is 0 Å². The molecule has 0 spiro atoms. The average molecular weight is 437 g/mol. The molecule has 2 aromatic carbocycles. The third-order valence-corrected chi connectivity index (χ3v) is 4.94. The molecule has 0 fully saturated rings. The predicted octanol–water partition coefficient (Wildman–Crippen LogP) is 3.00. The van der Waals surface area contributed by atoms with Crippen LogP contribution in [-0.2, 0) is 16.0 Å².